The van der Waals surface area contributed by atoms with E-state index in [4.69, 9.17) is 14.2 Å². The smallest absolute Gasteiger partial charge is 0.227 e. The molecule has 0 saturated heterocycles. The molecule has 0 aliphatic carbocycles. The lowest BCUT2D eigenvalue weighted by Crippen LogP contribution is -2.17. The Morgan fingerprint density at radius 2 is 1.75 bits per heavy atom. The van der Waals surface area contributed by atoms with Gasteiger partial charge in [0.2, 0.25) is 6.29 Å². The highest BCUT2D eigenvalue weighted by Gasteiger charge is 2.23. The van der Waals surface area contributed by atoms with Gasteiger partial charge in [-0.25, -0.2) is 8.78 Å². The molecule has 1 aliphatic heterocycles. The monoisotopic (exact) mass is 438 g/mol. The van der Waals surface area contributed by atoms with Gasteiger partial charge in [0, 0.05) is 16.7 Å². The van der Waals surface area contributed by atoms with Gasteiger partial charge >= 0.3 is 0 Å². The van der Waals surface area contributed by atoms with Gasteiger partial charge in [0.25, 0.3) is 0 Å². The highest BCUT2D eigenvalue weighted by atomic mass is 19.2. The Balaban J connectivity index is 1.51. The molecule has 0 amide bonds. The minimum atomic E-state index is -0.802. The first-order valence-electron chi connectivity index (χ1n) is 11.2. The van der Waals surface area contributed by atoms with Crippen LogP contribution in [0, 0.1) is 11.6 Å². The number of fused-ring (bicyclic) bond motifs is 1. The van der Waals surface area contributed by atoms with Crippen molar-refractivity contribution in [2.75, 3.05) is 6.61 Å². The van der Waals surface area contributed by atoms with Gasteiger partial charge in [-0.1, -0.05) is 38.0 Å². The predicted octanol–water partition coefficient (Wildman–Crippen LogP) is 7.37. The van der Waals surface area contributed by atoms with Crippen molar-refractivity contribution in [3.05, 3.63) is 82.9 Å². The quantitative estimate of drug-likeness (QED) is 0.344. The molecular weight excluding hydrogens is 410 g/mol. The lowest BCUT2D eigenvalue weighted by Gasteiger charge is -2.27. The molecular formula is C27H28F2O3. The normalized spacial score (nSPS) is 15.2. The fraction of sp³-hybridized carbons (Fsp3) is 0.333. The maximum absolute atomic E-state index is 14.8. The Morgan fingerprint density at radius 3 is 2.50 bits per heavy atom. The first kappa shape index (κ1) is 22.3. The number of rotatable bonds is 8. The summed E-state index contributed by atoms with van der Waals surface area (Å²) in [5.41, 5.74) is 2.97. The number of halogens is 2. The van der Waals surface area contributed by atoms with Gasteiger partial charge in [-0.2, -0.15) is 0 Å². The maximum atomic E-state index is 14.8. The highest BCUT2D eigenvalue weighted by Crippen LogP contribution is 2.37. The average molecular weight is 439 g/mol. The number of benzene rings is 3. The summed E-state index contributed by atoms with van der Waals surface area (Å²) in [6.07, 6.45) is 2.93. The molecule has 1 atom stereocenters. The van der Waals surface area contributed by atoms with Crippen molar-refractivity contribution in [3.63, 3.8) is 0 Å². The van der Waals surface area contributed by atoms with Crippen LogP contribution in [0.1, 0.15) is 56.1 Å². The van der Waals surface area contributed by atoms with Crippen molar-refractivity contribution in [2.24, 2.45) is 0 Å². The van der Waals surface area contributed by atoms with Crippen molar-refractivity contribution in [3.8, 4) is 22.6 Å². The molecule has 0 N–H and O–H groups in total. The average Bonchev–Trinajstić information content (AvgIpc) is 2.82. The molecule has 0 aromatic heterocycles. The second-order valence-corrected chi connectivity index (χ2v) is 7.94. The molecule has 168 valence electrons. The van der Waals surface area contributed by atoms with Crippen LogP contribution in [0.3, 0.4) is 0 Å². The predicted molar refractivity (Wildman–Crippen MR) is 121 cm³/mol. The van der Waals surface area contributed by atoms with E-state index < -0.39 is 17.9 Å². The van der Waals surface area contributed by atoms with E-state index in [2.05, 4.69) is 6.92 Å². The molecule has 0 bridgehead atoms. The van der Waals surface area contributed by atoms with Gasteiger partial charge in [-0.15, -0.1) is 0 Å². The summed E-state index contributed by atoms with van der Waals surface area (Å²) in [5.74, 6) is -0.0815. The van der Waals surface area contributed by atoms with Crippen LogP contribution in [-0.4, -0.2) is 6.61 Å². The molecule has 1 aliphatic rings. The Kier molecular flexibility index (Phi) is 7.05. The van der Waals surface area contributed by atoms with Crippen LogP contribution in [0.2, 0.25) is 0 Å². The van der Waals surface area contributed by atoms with Crippen molar-refractivity contribution in [2.45, 2.75) is 52.4 Å². The summed E-state index contributed by atoms with van der Waals surface area (Å²) in [6.45, 7) is 4.95. The lowest BCUT2D eigenvalue weighted by atomic mass is 9.98. The zero-order valence-electron chi connectivity index (χ0n) is 18.5. The third kappa shape index (κ3) is 4.78. The Labute approximate surface area is 187 Å². The van der Waals surface area contributed by atoms with Crippen LogP contribution in [0.15, 0.2) is 54.6 Å². The second kappa shape index (κ2) is 10.1. The van der Waals surface area contributed by atoms with Gasteiger partial charge in [0.05, 0.1) is 13.2 Å². The molecule has 1 unspecified atom stereocenters. The Hall–Kier alpha value is -2.92. The van der Waals surface area contributed by atoms with Crippen molar-refractivity contribution < 1.29 is 23.0 Å². The first-order chi connectivity index (χ1) is 15.6. The molecule has 3 aromatic rings. The molecule has 0 spiro atoms. The third-order valence-electron chi connectivity index (χ3n) is 5.67. The molecule has 1 heterocycles. The van der Waals surface area contributed by atoms with Gasteiger partial charge in [-0.3, -0.25) is 0 Å². The molecule has 0 saturated carbocycles. The fourth-order valence-electron chi connectivity index (χ4n) is 3.91. The number of hydrogen-bond donors (Lipinski definition) is 0. The van der Waals surface area contributed by atoms with Crippen molar-refractivity contribution in [1.29, 1.82) is 0 Å². The standard InChI is InChI=1S/C27H28F2O3/c1-3-5-6-7-18-10-14-23(26(29)25(18)28)20-11-15-24-21(16-20)17-31-27(32-24)19-8-12-22(13-9-19)30-4-2/h8-16,27H,3-7,17H2,1-2H3. The maximum Gasteiger partial charge on any atom is 0.227 e. The van der Waals surface area contributed by atoms with E-state index >= 15 is 0 Å². The van der Waals surface area contributed by atoms with Crippen molar-refractivity contribution >= 4 is 0 Å². The second-order valence-electron chi connectivity index (χ2n) is 7.94. The molecule has 3 nitrogen and oxygen atoms in total. The molecule has 32 heavy (non-hydrogen) atoms. The summed E-state index contributed by atoms with van der Waals surface area (Å²) in [6, 6.07) is 16.3. The molecule has 4 rings (SSSR count). The Bertz CT molecular complexity index is 1060. The molecule has 0 radical (unpaired) electrons. The largest absolute Gasteiger partial charge is 0.494 e. The first-order valence-corrected chi connectivity index (χ1v) is 11.2. The van der Waals surface area contributed by atoms with E-state index in [9.17, 15) is 8.78 Å². The lowest BCUT2D eigenvalue weighted by molar-refractivity contribution is -0.111. The number of aryl methyl sites for hydroxylation is 1. The van der Waals surface area contributed by atoms with Gasteiger partial charge < -0.3 is 14.2 Å². The summed E-state index contributed by atoms with van der Waals surface area (Å²) >= 11 is 0. The fourth-order valence-corrected chi connectivity index (χ4v) is 3.91. The van der Waals surface area contributed by atoms with Gasteiger partial charge in [-0.05, 0) is 67.3 Å². The summed E-state index contributed by atoms with van der Waals surface area (Å²) < 4.78 is 46.8. The van der Waals surface area contributed by atoms with Crippen molar-refractivity contribution in [1.82, 2.24) is 0 Å². The van der Waals surface area contributed by atoms with E-state index in [1.54, 1.807) is 30.3 Å². The van der Waals surface area contributed by atoms with Gasteiger partial charge in [0.15, 0.2) is 11.6 Å². The minimum absolute atomic E-state index is 0.248. The summed E-state index contributed by atoms with van der Waals surface area (Å²) in [7, 11) is 0. The number of ether oxygens (including phenoxy) is 3. The van der Waals surface area contributed by atoms with Crippen LogP contribution in [-0.2, 0) is 17.8 Å². The zero-order valence-corrected chi connectivity index (χ0v) is 18.5. The third-order valence-corrected chi connectivity index (χ3v) is 5.67. The molecule has 0 fully saturated rings. The van der Waals surface area contributed by atoms with E-state index in [1.165, 1.54) is 0 Å². The van der Waals surface area contributed by atoms with E-state index in [0.29, 0.717) is 36.5 Å². The van der Waals surface area contributed by atoms with E-state index in [0.717, 1.165) is 36.1 Å². The highest BCUT2D eigenvalue weighted by molar-refractivity contribution is 5.67. The van der Waals surface area contributed by atoms with E-state index in [1.807, 2.05) is 31.2 Å². The van der Waals surface area contributed by atoms with Gasteiger partial charge in [0.1, 0.15) is 11.5 Å². The van der Waals surface area contributed by atoms with Crippen LogP contribution < -0.4 is 9.47 Å². The molecule has 5 heteroatoms. The topological polar surface area (TPSA) is 27.7 Å². The summed E-state index contributed by atoms with van der Waals surface area (Å²) in [4.78, 5) is 0. The van der Waals surface area contributed by atoms with E-state index in [-0.39, 0.29) is 5.56 Å². The van der Waals surface area contributed by atoms with Crippen LogP contribution >= 0.6 is 0 Å². The Morgan fingerprint density at radius 1 is 0.938 bits per heavy atom. The van der Waals surface area contributed by atoms with Crippen LogP contribution in [0.5, 0.6) is 11.5 Å². The minimum Gasteiger partial charge on any atom is -0.494 e. The van der Waals surface area contributed by atoms with Crippen LogP contribution in [0.25, 0.3) is 11.1 Å². The molecule has 3 aromatic carbocycles. The van der Waals surface area contributed by atoms with Crippen LogP contribution in [0.4, 0.5) is 8.78 Å². The zero-order chi connectivity index (χ0) is 22.5. The number of unbranched alkanes of at least 4 members (excludes halogenated alkanes) is 2. The SMILES string of the molecule is CCCCCc1ccc(-c2ccc3c(c2)COC(c2ccc(OCC)cc2)O3)c(F)c1F. The summed E-state index contributed by atoms with van der Waals surface area (Å²) in [5, 5.41) is 0. The number of hydrogen-bond acceptors (Lipinski definition) is 3.